The standard InChI is InChI=1S/C8H8Cl2N4O/c9-6-2-1-5(3-7(6)10)4-12-14-8(15)13-11/h1-4H,11H2,(H2,13,14,15)/b12-4+. The normalized spacial score (nSPS) is 10.3. The second-order valence-corrected chi connectivity index (χ2v) is 3.33. The van der Waals surface area contributed by atoms with Crippen molar-refractivity contribution in [2.75, 3.05) is 0 Å². The molecule has 1 aromatic carbocycles. The van der Waals surface area contributed by atoms with Crippen molar-refractivity contribution >= 4 is 35.4 Å². The molecule has 80 valence electrons. The lowest BCUT2D eigenvalue weighted by Crippen LogP contribution is -2.37. The molecular formula is C8H8Cl2N4O. The summed E-state index contributed by atoms with van der Waals surface area (Å²) >= 11 is 11.5. The van der Waals surface area contributed by atoms with Crippen LogP contribution in [0.3, 0.4) is 0 Å². The summed E-state index contributed by atoms with van der Waals surface area (Å²) < 4.78 is 0. The molecule has 0 unspecified atom stereocenters. The van der Waals surface area contributed by atoms with Crippen LogP contribution in [0.4, 0.5) is 4.79 Å². The highest BCUT2D eigenvalue weighted by Crippen LogP contribution is 2.21. The van der Waals surface area contributed by atoms with Gasteiger partial charge in [-0.25, -0.2) is 16.1 Å². The summed E-state index contributed by atoms with van der Waals surface area (Å²) in [7, 11) is 0. The first kappa shape index (κ1) is 11.8. The van der Waals surface area contributed by atoms with E-state index in [0.29, 0.717) is 15.6 Å². The smallest absolute Gasteiger partial charge is 0.274 e. The Hall–Kier alpha value is -1.30. The number of benzene rings is 1. The Morgan fingerprint density at radius 3 is 2.73 bits per heavy atom. The molecule has 0 spiro atoms. The van der Waals surface area contributed by atoms with Crippen LogP contribution in [0.1, 0.15) is 5.56 Å². The maximum absolute atomic E-state index is 10.6. The third-order valence-electron chi connectivity index (χ3n) is 1.45. The topological polar surface area (TPSA) is 79.5 Å². The van der Waals surface area contributed by atoms with Crippen molar-refractivity contribution in [2.24, 2.45) is 10.9 Å². The number of amides is 2. The number of nitrogens with two attached hydrogens (primary N) is 1. The van der Waals surface area contributed by atoms with Crippen molar-refractivity contribution in [3.05, 3.63) is 33.8 Å². The molecule has 0 fully saturated rings. The first-order chi connectivity index (χ1) is 7.13. The SMILES string of the molecule is NNC(=O)N/N=C/c1ccc(Cl)c(Cl)c1. The Morgan fingerprint density at radius 1 is 1.40 bits per heavy atom. The lowest BCUT2D eigenvalue weighted by molar-refractivity contribution is 0.241. The summed E-state index contributed by atoms with van der Waals surface area (Å²) in [6, 6.07) is 4.36. The third-order valence-corrected chi connectivity index (χ3v) is 2.19. The van der Waals surface area contributed by atoms with Gasteiger partial charge in [0.05, 0.1) is 16.3 Å². The Morgan fingerprint density at radius 2 is 2.13 bits per heavy atom. The van der Waals surface area contributed by atoms with Gasteiger partial charge in [0.15, 0.2) is 0 Å². The first-order valence-corrected chi connectivity index (χ1v) is 4.64. The summed E-state index contributed by atoms with van der Waals surface area (Å²) in [5.41, 5.74) is 4.70. The van der Waals surface area contributed by atoms with Gasteiger partial charge < -0.3 is 0 Å². The monoisotopic (exact) mass is 246 g/mol. The van der Waals surface area contributed by atoms with Crippen LogP contribution in [0.25, 0.3) is 0 Å². The zero-order valence-corrected chi connectivity index (χ0v) is 9.01. The second-order valence-electron chi connectivity index (χ2n) is 2.52. The fourth-order valence-electron chi connectivity index (χ4n) is 0.790. The van der Waals surface area contributed by atoms with Gasteiger partial charge in [0.2, 0.25) is 0 Å². The third kappa shape index (κ3) is 3.75. The highest BCUT2D eigenvalue weighted by atomic mass is 35.5. The van der Waals surface area contributed by atoms with Crippen molar-refractivity contribution in [1.29, 1.82) is 0 Å². The first-order valence-electron chi connectivity index (χ1n) is 3.88. The molecule has 0 aliphatic heterocycles. The van der Waals surface area contributed by atoms with Crippen LogP contribution in [0.5, 0.6) is 0 Å². The van der Waals surface area contributed by atoms with E-state index in [1.165, 1.54) is 6.21 Å². The summed E-state index contributed by atoms with van der Waals surface area (Å²) in [6.07, 6.45) is 1.41. The van der Waals surface area contributed by atoms with Crippen LogP contribution in [0.15, 0.2) is 23.3 Å². The maximum atomic E-state index is 10.6. The molecule has 0 radical (unpaired) electrons. The average Bonchev–Trinajstić information content (AvgIpc) is 2.23. The number of rotatable bonds is 2. The molecule has 2 amide bonds. The molecule has 0 saturated carbocycles. The zero-order chi connectivity index (χ0) is 11.3. The maximum Gasteiger partial charge on any atom is 0.349 e. The predicted octanol–water partition coefficient (Wildman–Crippen LogP) is 1.50. The number of carbonyl (C=O) groups is 1. The molecule has 0 saturated heterocycles. The van der Waals surface area contributed by atoms with E-state index in [1.807, 2.05) is 5.43 Å². The summed E-state index contributed by atoms with van der Waals surface area (Å²) in [5.74, 6) is 4.82. The molecule has 7 heteroatoms. The van der Waals surface area contributed by atoms with E-state index < -0.39 is 6.03 Å². The molecule has 4 N–H and O–H groups in total. The van der Waals surface area contributed by atoms with Crippen LogP contribution >= 0.6 is 23.2 Å². The molecule has 0 aliphatic rings. The number of hydrogen-bond acceptors (Lipinski definition) is 3. The fraction of sp³-hybridized carbons (Fsp3) is 0. The minimum absolute atomic E-state index is 0.420. The molecule has 0 bridgehead atoms. The minimum Gasteiger partial charge on any atom is -0.274 e. The number of carbonyl (C=O) groups excluding carboxylic acids is 1. The van der Waals surface area contributed by atoms with Crippen molar-refractivity contribution in [1.82, 2.24) is 10.9 Å². The van der Waals surface area contributed by atoms with Gasteiger partial charge in [-0.3, -0.25) is 5.43 Å². The number of halogens is 2. The molecule has 0 atom stereocenters. The molecule has 5 nitrogen and oxygen atoms in total. The van der Waals surface area contributed by atoms with Gasteiger partial charge in [-0.2, -0.15) is 5.10 Å². The van der Waals surface area contributed by atoms with Crippen LogP contribution in [-0.4, -0.2) is 12.2 Å². The van der Waals surface area contributed by atoms with Crippen LogP contribution in [-0.2, 0) is 0 Å². The largest absolute Gasteiger partial charge is 0.349 e. The Bertz CT molecular complexity index is 394. The lowest BCUT2D eigenvalue weighted by Gasteiger charge is -1.98. The Balaban J connectivity index is 2.65. The molecule has 15 heavy (non-hydrogen) atoms. The Kier molecular flexibility index (Phi) is 4.36. The van der Waals surface area contributed by atoms with Crippen molar-refractivity contribution in [3.8, 4) is 0 Å². The van der Waals surface area contributed by atoms with Crippen LogP contribution < -0.4 is 16.7 Å². The fourth-order valence-corrected chi connectivity index (χ4v) is 1.10. The molecule has 1 rings (SSSR count). The number of urea groups is 1. The lowest BCUT2D eigenvalue weighted by atomic mass is 10.2. The summed E-state index contributed by atoms with van der Waals surface area (Å²) in [6.45, 7) is 0. The highest BCUT2D eigenvalue weighted by molar-refractivity contribution is 6.42. The quantitative estimate of drug-likeness (QED) is 0.320. The van der Waals surface area contributed by atoms with E-state index in [9.17, 15) is 4.79 Å². The minimum atomic E-state index is -0.605. The van der Waals surface area contributed by atoms with E-state index in [4.69, 9.17) is 29.0 Å². The number of hydrogen-bond donors (Lipinski definition) is 3. The van der Waals surface area contributed by atoms with Crippen LogP contribution in [0.2, 0.25) is 10.0 Å². The number of hydrazine groups is 1. The van der Waals surface area contributed by atoms with E-state index >= 15 is 0 Å². The van der Waals surface area contributed by atoms with Crippen LogP contribution in [0, 0.1) is 0 Å². The van der Waals surface area contributed by atoms with Gasteiger partial charge >= 0.3 is 6.03 Å². The number of hydrazone groups is 1. The van der Waals surface area contributed by atoms with Crippen molar-refractivity contribution in [2.45, 2.75) is 0 Å². The van der Waals surface area contributed by atoms with Gasteiger partial charge in [0.1, 0.15) is 0 Å². The van der Waals surface area contributed by atoms with Crippen molar-refractivity contribution in [3.63, 3.8) is 0 Å². The van der Waals surface area contributed by atoms with Gasteiger partial charge in [0.25, 0.3) is 0 Å². The van der Waals surface area contributed by atoms with Crippen molar-refractivity contribution < 1.29 is 4.79 Å². The van der Waals surface area contributed by atoms with E-state index in [0.717, 1.165) is 0 Å². The van der Waals surface area contributed by atoms with Gasteiger partial charge in [-0.05, 0) is 17.7 Å². The summed E-state index contributed by atoms with van der Waals surface area (Å²) in [4.78, 5) is 10.6. The molecule has 1 aromatic rings. The van der Waals surface area contributed by atoms with Gasteiger partial charge in [-0.1, -0.05) is 29.3 Å². The molecule has 0 heterocycles. The number of nitrogens with one attached hydrogen (secondary N) is 2. The second kappa shape index (κ2) is 5.55. The van der Waals surface area contributed by atoms with E-state index in [1.54, 1.807) is 18.2 Å². The molecule has 0 aromatic heterocycles. The molecular weight excluding hydrogens is 239 g/mol. The summed E-state index contributed by atoms with van der Waals surface area (Å²) in [5, 5.41) is 4.49. The number of nitrogens with zero attached hydrogens (tertiary/aromatic N) is 1. The highest BCUT2D eigenvalue weighted by Gasteiger charge is 1.97. The van der Waals surface area contributed by atoms with E-state index in [-0.39, 0.29) is 0 Å². The Labute approximate surface area is 96.2 Å². The molecule has 0 aliphatic carbocycles. The average molecular weight is 247 g/mol. The zero-order valence-electron chi connectivity index (χ0n) is 7.50. The van der Waals surface area contributed by atoms with E-state index in [2.05, 4.69) is 10.5 Å². The van der Waals surface area contributed by atoms with Gasteiger partial charge in [0, 0.05) is 0 Å². The van der Waals surface area contributed by atoms with Gasteiger partial charge in [-0.15, -0.1) is 0 Å². The predicted molar refractivity (Wildman–Crippen MR) is 59.9 cm³/mol.